The molecule has 1 aromatic carbocycles. The Kier molecular flexibility index (Phi) is 8.03. The van der Waals surface area contributed by atoms with Crippen LogP contribution < -0.4 is 9.64 Å². The van der Waals surface area contributed by atoms with Gasteiger partial charge in [-0.3, -0.25) is 9.59 Å². The third-order valence-electron chi connectivity index (χ3n) is 6.02. The summed E-state index contributed by atoms with van der Waals surface area (Å²) in [4.78, 5) is 30.8. The Balaban J connectivity index is 1.58. The van der Waals surface area contributed by atoms with Crippen molar-refractivity contribution in [2.45, 2.75) is 39.7 Å². The molecule has 1 unspecified atom stereocenters. The number of rotatable bonds is 8. The fraction of sp³-hybridized carbons (Fsp3) is 0.500. The maximum Gasteiger partial charge on any atom is 0.242 e. The molecule has 1 aliphatic heterocycles. The van der Waals surface area contributed by atoms with Crippen LogP contribution in [-0.4, -0.2) is 77.7 Å². The zero-order chi connectivity index (χ0) is 23.1. The molecule has 0 radical (unpaired) electrons. The highest BCUT2D eigenvalue weighted by atomic mass is 16.5. The molecule has 2 aromatic rings. The van der Waals surface area contributed by atoms with Gasteiger partial charge in [0.05, 0.1) is 19.3 Å². The van der Waals surface area contributed by atoms with Crippen molar-refractivity contribution in [1.82, 2.24) is 20.0 Å². The quantitative estimate of drug-likeness (QED) is 0.629. The van der Waals surface area contributed by atoms with Crippen LogP contribution in [-0.2, 0) is 9.59 Å². The molecule has 0 N–H and O–H groups in total. The number of hydrogen-bond acceptors (Lipinski definition) is 6. The number of nitrogens with zero attached hydrogens (tertiary/aromatic N) is 5. The maximum atomic E-state index is 12.8. The van der Waals surface area contributed by atoms with Gasteiger partial charge in [-0.1, -0.05) is 26.0 Å². The highest BCUT2D eigenvalue weighted by Gasteiger charge is 2.26. The highest BCUT2D eigenvalue weighted by molar-refractivity contribution is 5.85. The largest absolute Gasteiger partial charge is 0.497 e. The Bertz CT molecular complexity index is 910. The first kappa shape index (κ1) is 23.5. The van der Waals surface area contributed by atoms with E-state index in [1.54, 1.807) is 12.0 Å². The summed E-state index contributed by atoms with van der Waals surface area (Å²) in [5.41, 5.74) is 1.73. The van der Waals surface area contributed by atoms with Gasteiger partial charge in [0.25, 0.3) is 0 Å². The van der Waals surface area contributed by atoms with Gasteiger partial charge in [-0.2, -0.15) is 0 Å². The van der Waals surface area contributed by atoms with Crippen LogP contribution in [0.15, 0.2) is 36.4 Å². The highest BCUT2D eigenvalue weighted by Crippen LogP contribution is 2.23. The number of amides is 2. The van der Waals surface area contributed by atoms with Gasteiger partial charge in [0, 0.05) is 44.2 Å². The van der Waals surface area contributed by atoms with E-state index in [0.29, 0.717) is 32.6 Å². The number of hydrogen-bond donors (Lipinski definition) is 0. The van der Waals surface area contributed by atoms with Gasteiger partial charge in [0.1, 0.15) is 5.75 Å². The molecular weight excluding hydrogens is 406 g/mol. The molecule has 1 atom stereocenters. The van der Waals surface area contributed by atoms with E-state index in [-0.39, 0.29) is 24.4 Å². The number of benzene rings is 1. The number of ether oxygens (including phenoxy) is 1. The van der Waals surface area contributed by atoms with Crippen molar-refractivity contribution in [2.24, 2.45) is 0 Å². The van der Waals surface area contributed by atoms with Crippen LogP contribution >= 0.6 is 0 Å². The van der Waals surface area contributed by atoms with Crippen molar-refractivity contribution < 1.29 is 14.3 Å². The molecule has 172 valence electrons. The monoisotopic (exact) mass is 439 g/mol. The van der Waals surface area contributed by atoms with Crippen molar-refractivity contribution in [3.63, 3.8) is 0 Å². The lowest BCUT2D eigenvalue weighted by atomic mass is 10.1. The minimum absolute atomic E-state index is 0.00575. The first-order valence-corrected chi connectivity index (χ1v) is 11.3. The molecule has 0 bridgehead atoms. The van der Waals surface area contributed by atoms with Crippen molar-refractivity contribution in [3.05, 3.63) is 36.4 Å². The predicted octanol–water partition coefficient (Wildman–Crippen LogP) is 2.84. The van der Waals surface area contributed by atoms with Gasteiger partial charge >= 0.3 is 0 Å². The topological polar surface area (TPSA) is 78.9 Å². The maximum absolute atomic E-state index is 12.8. The van der Waals surface area contributed by atoms with E-state index in [2.05, 4.69) is 15.1 Å². The van der Waals surface area contributed by atoms with E-state index >= 15 is 0 Å². The van der Waals surface area contributed by atoms with Crippen molar-refractivity contribution >= 4 is 17.6 Å². The Morgan fingerprint density at radius 1 is 1.09 bits per heavy atom. The normalized spacial score (nSPS) is 14.8. The molecule has 0 saturated carbocycles. The summed E-state index contributed by atoms with van der Waals surface area (Å²) in [6.45, 7) is 8.59. The van der Waals surface area contributed by atoms with Crippen LogP contribution in [0.4, 0.5) is 5.82 Å². The van der Waals surface area contributed by atoms with Crippen LogP contribution in [0, 0.1) is 0 Å². The van der Waals surface area contributed by atoms with Crippen molar-refractivity contribution in [2.75, 3.05) is 44.7 Å². The molecule has 1 saturated heterocycles. The number of anilines is 1. The molecule has 1 fully saturated rings. The predicted molar refractivity (Wildman–Crippen MR) is 125 cm³/mol. The van der Waals surface area contributed by atoms with E-state index in [1.165, 1.54) is 0 Å². The van der Waals surface area contributed by atoms with Crippen molar-refractivity contribution in [3.8, 4) is 17.0 Å². The molecule has 32 heavy (non-hydrogen) atoms. The second-order valence-electron chi connectivity index (χ2n) is 8.01. The van der Waals surface area contributed by atoms with E-state index in [9.17, 15) is 9.59 Å². The lowest BCUT2D eigenvalue weighted by Gasteiger charge is -2.37. The Labute approximate surface area is 190 Å². The number of aromatic nitrogens is 2. The summed E-state index contributed by atoms with van der Waals surface area (Å²) in [7, 11) is 1.64. The van der Waals surface area contributed by atoms with E-state index < -0.39 is 0 Å². The van der Waals surface area contributed by atoms with Gasteiger partial charge in [0.15, 0.2) is 5.82 Å². The van der Waals surface area contributed by atoms with E-state index in [1.807, 2.05) is 62.1 Å². The fourth-order valence-corrected chi connectivity index (χ4v) is 3.77. The van der Waals surface area contributed by atoms with Crippen LogP contribution in [0.2, 0.25) is 0 Å². The second kappa shape index (κ2) is 10.9. The first-order chi connectivity index (χ1) is 15.5. The van der Waals surface area contributed by atoms with Gasteiger partial charge in [-0.05, 0) is 37.6 Å². The molecule has 8 nitrogen and oxygen atoms in total. The van der Waals surface area contributed by atoms with Crippen LogP contribution in [0.3, 0.4) is 0 Å². The third-order valence-corrected chi connectivity index (χ3v) is 6.02. The molecule has 3 rings (SSSR count). The fourth-order valence-electron chi connectivity index (χ4n) is 3.77. The smallest absolute Gasteiger partial charge is 0.242 e. The number of piperazine rings is 1. The summed E-state index contributed by atoms with van der Waals surface area (Å²) >= 11 is 0. The molecule has 2 heterocycles. The third kappa shape index (κ3) is 5.55. The summed E-state index contributed by atoms with van der Waals surface area (Å²) in [6, 6.07) is 11.7. The van der Waals surface area contributed by atoms with Crippen LogP contribution in [0.25, 0.3) is 11.3 Å². The van der Waals surface area contributed by atoms with E-state index in [0.717, 1.165) is 29.2 Å². The molecule has 0 spiro atoms. The van der Waals surface area contributed by atoms with Gasteiger partial charge in [0.2, 0.25) is 11.8 Å². The molecular formula is C24H33N5O3. The summed E-state index contributed by atoms with van der Waals surface area (Å²) < 4.78 is 5.28. The second-order valence-corrected chi connectivity index (χ2v) is 8.01. The standard InChI is InChI=1S/C24H33N5O3/c1-5-18(3)29(23(30)6-2)17-24(31)28-14-12-27(13-15-28)22-11-10-21(25-26-22)19-8-7-9-20(16-19)32-4/h7-11,16,18H,5-6,12-15,17H2,1-4H3. The number of carbonyl (C=O) groups excluding carboxylic acids is 2. The first-order valence-electron chi connectivity index (χ1n) is 11.3. The van der Waals surface area contributed by atoms with Gasteiger partial charge in [-0.15, -0.1) is 10.2 Å². The average molecular weight is 440 g/mol. The van der Waals surface area contributed by atoms with Crippen molar-refractivity contribution in [1.29, 1.82) is 0 Å². The molecule has 1 aliphatic rings. The molecule has 1 aromatic heterocycles. The lowest BCUT2D eigenvalue weighted by molar-refractivity contribution is -0.142. The SMILES string of the molecule is CCC(=O)N(CC(=O)N1CCN(c2ccc(-c3cccc(OC)c3)nn2)CC1)C(C)CC. The Morgan fingerprint density at radius 2 is 1.84 bits per heavy atom. The zero-order valence-corrected chi connectivity index (χ0v) is 19.5. The minimum Gasteiger partial charge on any atom is -0.497 e. The Morgan fingerprint density at radius 3 is 2.44 bits per heavy atom. The molecule has 0 aliphatic carbocycles. The molecule has 8 heteroatoms. The van der Waals surface area contributed by atoms with Crippen LogP contribution in [0.5, 0.6) is 5.75 Å². The summed E-state index contributed by atoms with van der Waals surface area (Å²) in [6.07, 6.45) is 1.24. The van der Waals surface area contributed by atoms with E-state index in [4.69, 9.17) is 4.74 Å². The van der Waals surface area contributed by atoms with Crippen LogP contribution in [0.1, 0.15) is 33.6 Å². The number of carbonyl (C=O) groups is 2. The molecule has 2 amide bonds. The summed E-state index contributed by atoms with van der Waals surface area (Å²) in [5.74, 6) is 1.61. The van der Waals surface area contributed by atoms with Gasteiger partial charge < -0.3 is 19.4 Å². The Hall–Kier alpha value is -3.16. The zero-order valence-electron chi connectivity index (χ0n) is 19.5. The lowest BCUT2D eigenvalue weighted by Crippen LogP contribution is -2.53. The van der Waals surface area contributed by atoms with Gasteiger partial charge in [-0.25, -0.2) is 0 Å². The number of methoxy groups -OCH3 is 1. The minimum atomic E-state index is 0.00575. The average Bonchev–Trinajstić information content (AvgIpc) is 2.86. The summed E-state index contributed by atoms with van der Waals surface area (Å²) in [5, 5.41) is 8.78.